The van der Waals surface area contributed by atoms with Crippen molar-refractivity contribution in [2.45, 2.75) is 17.2 Å². The molecule has 0 aliphatic carbocycles. The van der Waals surface area contributed by atoms with Crippen molar-refractivity contribution < 1.29 is 30.9 Å². The summed E-state index contributed by atoms with van der Waals surface area (Å²) in [4.78, 5) is 8.89. The first-order valence-corrected chi connectivity index (χ1v) is 6.65. The number of nitro groups is 1. The maximum Gasteiger partial charge on any atom is 0.320 e. The molecule has 0 aliphatic rings. The minimum absolute atomic E-state index is 0.336. The fourth-order valence-corrected chi connectivity index (χ4v) is 2.26. The van der Waals surface area contributed by atoms with Gasteiger partial charge in [-0.3, -0.25) is 10.1 Å². The Labute approximate surface area is 115 Å². The Kier molecular flexibility index (Phi) is 4.73. The second kappa shape index (κ2) is 5.81. The van der Waals surface area contributed by atoms with E-state index < -0.39 is 44.4 Å². The summed E-state index contributed by atoms with van der Waals surface area (Å²) in [5.74, 6) is -4.56. The van der Waals surface area contributed by atoms with Gasteiger partial charge in [0.05, 0.1) is 16.4 Å². The Morgan fingerprint density at radius 1 is 1.38 bits per heavy atom. The minimum atomic E-state index is -4.62. The number of rotatable bonds is 6. The average molecular weight is 331 g/mol. The summed E-state index contributed by atoms with van der Waals surface area (Å²) in [6.07, 6.45) is -4.05. The Bertz CT molecular complexity index is 650. The maximum atomic E-state index is 12.7. The van der Waals surface area contributed by atoms with E-state index in [1.54, 1.807) is 0 Å². The number of hydrogen-bond donors (Lipinski definition) is 2. The number of nitro benzene ring substituents is 1. The van der Waals surface area contributed by atoms with Gasteiger partial charge in [0.25, 0.3) is 5.69 Å². The molecule has 0 atom stereocenters. The third kappa shape index (κ3) is 4.01. The van der Waals surface area contributed by atoms with Crippen molar-refractivity contribution in [1.29, 1.82) is 0 Å². The molecule has 0 aliphatic heterocycles. The third-order valence-corrected chi connectivity index (χ3v) is 3.72. The number of nitrogen functional groups attached to an aromatic ring is 1. The number of nitrogens with one attached hydrogen (secondary N) is 1. The van der Waals surface area contributed by atoms with E-state index in [0.717, 1.165) is 12.1 Å². The van der Waals surface area contributed by atoms with Crippen molar-refractivity contribution in [2.75, 3.05) is 12.3 Å². The van der Waals surface area contributed by atoms with E-state index in [0.29, 0.717) is 6.07 Å². The molecule has 0 aromatic heterocycles. The fourth-order valence-electron chi connectivity index (χ4n) is 1.20. The first kappa shape index (κ1) is 17.1. The summed E-state index contributed by atoms with van der Waals surface area (Å²) in [5, 5.41) is 10.6. The molecule has 12 heteroatoms. The number of benzene rings is 1. The zero-order valence-electron chi connectivity index (χ0n) is 10.1. The normalized spacial score (nSPS) is 12.6. The summed E-state index contributed by atoms with van der Waals surface area (Å²) < 4.78 is 73.7. The van der Waals surface area contributed by atoms with Gasteiger partial charge in [0, 0.05) is 6.07 Å². The van der Waals surface area contributed by atoms with Crippen molar-refractivity contribution in [3.63, 3.8) is 0 Å². The zero-order chi connectivity index (χ0) is 16.4. The van der Waals surface area contributed by atoms with Gasteiger partial charge in [-0.05, 0) is 12.1 Å². The summed E-state index contributed by atoms with van der Waals surface area (Å²) in [5.41, 5.74) is 4.15. The van der Waals surface area contributed by atoms with Gasteiger partial charge in [-0.25, -0.2) is 21.9 Å². The van der Waals surface area contributed by atoms with Crippen LogP contribution < -0.4 is 10.5 Å². The number of alkyl halides is 4. The summed E-state index contributed by atoms with van der Waals surface area (Å²) in [6.45, 7) is -1.84. The van der Waals surface area contributed by atoms with E-state index in [-0.39, 0.29) is 5.69 Å². The molecule has 0 fully saturated rings. The summed E-state index contributed by atoms with van der Waals surface area (Å²) >= 11 is 0. The molecule has 1 aromatic carbocycles. The van der Waals surface area contributed by atoms with Crippen LogP contribution in [0.5, 0.6) is 0 Å². The van der Waals surface area contributed by atoms with Gasteiger partial charge in [-0.15, -0.1) is 0 Å². The molecule has 1 rings (SSSR count). The van der Waals surface area contributed by atoms with Gasteiger partial charge in [0.15, 0.2) is 0 Å². The lowest BCUT2D eigenvalue weighted by molar-refractivity contribution is -0.384. The first-order chi connectivity index (χ1) is 9.47. The van der Waals surface area contributed by atoms with Crippen LogP contribution in [0.25, 0.3) is 0 Å². The minimum Gasteiger partial charge on any atom is -0.393 e. The Morgan fingerprint density at radius 3 is 2.43 bits per heavy atom. The molecule has 0 unspecified atom stereocenters. The predicted molar refractivity (Wildman–Crippen MR) is 63.6 cm³/mol. The highest BCUT2D eigenvalue weighted by Crippen LogP contribution is 2.26. The van der Waals surface area contributed by atoms with Crippen LogP contribution in [0.15, 0.2) is 23.1 Å². The number of nitrogens with two attached hydrogens (primary N) is 1. The highest BCUT2D eigenvalue weighted by atomic mass is 32.2. The molecule has 1 aromatic rings. The van der Waals surface area contributed by atoms with Gasteiger partial charge >= 0.3 is 12.3 Å². The second-order valence-electron chi connectivity index (χ2n) is 3.86. The average Bonchev–Trinajstić information content (AvgIpc) is 2.36. The van der Waals surface area contributed by atoms with Gasteiger partial charge < -0.3 is 5.73 Å². The molecule has 0 spiro atoms. The Hall–Kier alpha value is -1.95. The van der Waals surface area contributed by atoms with E-state index in [4.69, 9.17) is 5.73 Å². The highest BCUT2D eigenvalue weighted by molar-refractivity contribution is 7.89. The fraction of sp³-hybridized carbons (Fsp3) is 0.333. The van der Waals surface area contributed by atoms with E-state index in [1.165, 1.54) is 4.72 Å². The smallest absolute Gasteiger partial charge is 0.320 e. The van der Waals surface area contributed by atoms with Gasteiger partial charge in [0.1, 0.15) is 5.69 Å². The number of hydrogen-bond acceptors (Lipinski definition) is 5. The van der Waals surface area contributed by atoms with Crippen LogP contribution in [0.3, 0.4) is 0 Å². The number of nitrogens with zero attached hydrogens (tertiary/aromatic N) is 1. The zero-order valence-corrected chi connectivity index (χ0v) is 10.9. The molecule has 21 heavy (non-hydrogen) atoms. The summed E-state index contributed by atoms with van der Waals surface area (Å²) in [7, 11) is -4.62. The van der Waals surface area contributed by atoms with Crippen molar-refractivity contribution in [1.82, 2.24) is 4.72 Å². The van der Waals surface area contributed by atoms with Crippen molar-refractivity contribution in [2.24, 2.45) is 0 Å². The van der Waals surface area contributed by atoms with E-state index in [1.807, 2.05) is 0 Å². The van der Waals surface area contributed by atoms with Gasteiger partial charge in [0.2, 0.25) is 10.0 Å². The summed E-state index contributed by atoms with van der Waals surface area (Å²) in [6, 6.07) is 2.25. The number of sulfonamides is 1. The van der Waals surface area contributed by atoms with Crippen molar-refractivity contribution >= 4 is 21.4 Å². The van der Waals surface area contributed by atoms with Crippen LogP contribution in [0, 0.1) is 10.1 Å². The first-order valence-electron chi connectivity index (χ1n) is 5.17. The quantitative estimate of drug-likeness (QED) is 0.353. The standard InChI is InChI=1S/C9H9F4N3O4S/c10-8(11)9(12,13)4-15-21(19,20)5-1-2-6(14)7(3-5)16(17)18/h1-3,8,15H,4,14H2. The SMILES string of the molecule is Nc1ccc(S(=O)(=O)NCC(F)(F)C(F)F)cc1[N+](=O)[O-]. The lowest BCUT2D eigenvalue weighted by atomic mass is 10.3. The Morgan fingerprint density at radius 2 is 1.95 bits per heavy atom. The van der Waals surface area contributed by atoms with Crippen LogP contribution in [-0.4, -0.2) is 32.2 Å². The molecular weight excluding hydrogens is 322 g/mol. The molecule has 0 amide bonds. The van der Waals surface area contributed by atoms with Crippen LogP contribution in [-0.2, 0) is 10.0 Å². The topological polar surface area (TPSA) is 115 Å². The second-order valence-corrected chi connectivity index (χ2v) is 5.63. The molecule has 7 nitrogen and oxygen atoms in total. The molecular formula is C9H9F4N3O4S. The Balaban J connectivity index is 3.04. The lowest BCUT2D eigenvalue weighted by Gasteiger charge is -2.15. The molecule has 0 heterocycles. The highest BCUT2D eigenvalue weighted by Gasteiger charge is 2.41. The lowest BCUT2D eigenvalue weighted by Crippen LogP contribution is -2.41. The van der Waals surface area contributed by atoms with Gasteiger partial charge in [-0.1, -0.05) is 0 Å². The third-order valence-electron chi connectivity index (χ3n) is 2.33. The molecule has 0 bridgehead atoms. The maximum absolute atomic E-state index is 12.7. The van der Waals surface area contributed by atoms with Crippen molar-refractivity contribution in [3.05, 3.63) is 28.3 Å². The van der Waals surface area contributed by atoms with E-state index in [2.05, 4.69) is 0 Å². The van der Waals surface area contributed by atoms with Gasteiger partial charge in [-0.2, -0.15) is 8.78 Å². The van der Waals surface area contributed by atoms with Crippen LogP contribution in [0.2, 0.25) is 0 Å². The largest absolute Gasteiger partial charge is 0.393 e. The molecule has 0 saturated carbocycles. The molecule has 0 radical (unpaired) electrons. The molecule has 0 saturated heterocycles. The monoisotopic (exact) mass is 331 g/mol. The van der Waals surface area contributed by atoms with Crippen molar-refractivity contribution in [3.8, 4) is 0 Å². The van der Waals surface area contributed by atoms with Crippen LogP contribution >= 0.6 is 0 Å². The number of halogens is 4. The van der Waals surface area contributed by atoms with E-state index >= 15 is 0 Å². The van der Waals surface area contributed by atoms with E-state index in [9.17, 15) is 36.1 Å². The van der Waals surface area contributed by atoms with Crippen LogP contribution in [0.1, 0.15) is 0 Å². The van der Waals surface area contributed by atoms with Crippen LogP contribution in [0.4, 0.5) is 28.9 Å². The number of anilines is 1. The molecule has 118 valence electrons. The molecule has 3 N–H and O–H groups in total. The predicted octanol–water partition coefficient (Wildman–Crippen LogP) is 1.36.